The Balaban J connectivity index is 1.38. The highest BCUT2D eigenvalue weighted by Gasteiger charge is 2.56. The van der Waals surface area contributed by atoms with Crippen LogP contribution < -0.4 is 24.3 Å². The van der Waals surface area contributed by atoms with Crippen molar-refractivity contribution in [1.29, 1.82) is 5.26 Å². The molecule has 1 saturated heterocycles. The predicted octanol–water partition coefficient (Wildman–Crippen LogP) is 4.53. The lowest BCUT2D eigenvalue weighted by Crippen LogP contribution is -2.68. The number of methoxy groups -OCH3 is 1. The van der Waals surface area contributed by atoms with Gasteiger partial charge in [0.1, 0.15) is 11.8 Å². The number of hydrogen-bond donors (Lipinski definition) is 2. The number of phenolic OH excluding ortho intramolecular Hbond substituents is 1. The molecular formula is C36H44N4O7. The number of aryl methyl sites for hydroxylation is 1. The molecule has 4 aliphatic heterocycles. The minimum Gasteiger partial charge on any atom is -0.504 e. The molecule has 0 aromatic heterocycles. The van der Waals surface area contributed by atoms with Crippen molar-refractivity contribution in [2.24, 2.45) is 5.92 Å². The third-order valence-electron chi connectivity index (χ3n) is 11.2. The fourth-order valence-electron chi connectivity index (χ4n) is 9.25. The third kappa shape index (κ3) is 5.08. The third-order valence-corrected chi connectivity index (χ3v) is 11.2. The summed E-state index contributed by atoms with van der Waals surface area (Å²) in [5.41, 5.74) is 4.87. The number of piperazine rings is 1. The molecule has 11 nitrogen and oxygen atoms in total. The van der Waals surface area contributed by atoms with Gasteiger partial charge in [-0.2, -0.15) is 5.26 Å². The van der Waals surface area contributed by atoms with Crippen molar-refractivity contribution in [2.45, 2.75) is 102 Å². The van der Waals surface area contributed by atoms with Crippen LogP contribution >= 0.6 is 0 Å². The van der Waals surface area contributed by atoms with Gasteiger partial charge in [0.05, 0.1) is 25.3 Å². The molecule has 2 bridgehead atoms. The van der Waals surface area contributed by atoms with E-state index in [1.54, 1.807) is 7.11 Å². The minimum atomic E-state index is -0.538. The summed E-state index contributed by atoms with van der Waals surface area (Å²) < 4.78 is 23.6. The number of fused-ring (bicyclic) bond motifs is 9. The number of nitrogens with zero attached hydrogens (tertiary/aromatic N) is 3. The Morgan fingerprint density at radius 1 is 1.09 bits per heavy atom. The van der Waals surface area contributed by atoms with Crippen molar-refractivity contribution < 1.29 is 33.6 Å². The molecule has 5 aliphatic rings. The monoisotopic (exact) mass is 644 g/mol. The minimum absolute atomic E-state index is 0.00672. The van der Waals surface area contributed by atoms with Gasteiger partial charge >= 0.3 is 5.97 Å². The second-order valence-electron chi connectivity index (χ2n) is 13.9. The van der Waals surface area contributed by atoms with Crippen LogP contribution in [0.3, 0.4) is 0 Å². The van der Waals surface area contributed by atoms with Crippen molar-refractivity contribution in [1.82, 2.24) is 15.1 Å². The number of rotatable bonds is 6. The normalized spacial score (nSPS) is 26.4. The molecule has 4 heterocycles. The Hall–Kier alpha value is -4.01. The van der Waals surface area contributed by atoms with Crippen LogP contribution in [0.15, 0.2) is 6.07 Å². The topological polar surface area (TPSA) is 134 Å². The van der Waals surface area contributed by atoms with Crippen LogP contribution in [0.2, 0.25) is 0 Å². The fourth-order valence-corrected chi connectivity index (χ4v) is 9.25. The van der Waals surface area contributed by atoms with Gasteiger partial charge in [-0.1, -0.05) is 25.3 Å². The number of carbonyl (C=O) groups is 2. The first-order chi connectivity index (χ1) is 22.6. The van der Waals surface area contributed by atoms with Gasteiger partial charge in [-0.3, -0.25) is 19.4 Å². The van der Waals surface area contributed by atoms with Crippen molar-refractivity contribution in [3.63, 3.8) is 0 Å². The Morgan fingerprint density at radius 2 is 1.83 bits per heavy atom. The zero-order valence-corrected chi connectivity index (χ0v) is 27.9. The lowest BCUT2D eigenvalue weighted by atomic mass is 9.71. The van der Waals surface area contributed by atoms with Gasteiger partial charge in [-0.25, -0.2) is 0 Å². The number of phenols is 1. The molecule has 1 unspecified atom stereocenters. The number of benzene rings is 2. The van der Waals surface area contributed by atoms with E-state index in [0.717, 1.165) is 53.5 Å². The first-order valence-electron chi connectivity index (χ1n) is 16.8. The number of esters is 1. The highest BCUT2D eigenvalue weighted by Crippen LogP contribution is 2.58. The van der Waals surface area contributed by atoms with Gasteiger partial charge in [0.15, 0.2) is 23.0 Å². The number of amides is 1. The summed E-state index contributed by atoms with van der Waals surface area (Å²) in [4.78, 5) is 30.4. The molecular weight excluding hydrogens is 600 g/mol. The van der Waals surface area contributed by atoms with E-state index in [-0.39, 0.29) is 43.1 Å². The SMILES string of the molecule is COc1c(C)cc2c(c1O)[C@H]1C3Cc4c(OC(C)=O)c(C)c5c(c4[C@H](CNC(=O)CC4CCCCC4)N3[C@@H](C#N)[C@H](C2)N1C)OCO5. The van der Waals surface area contributed by atoms with E-state index < -0.39 is 18.1 Å². The molecule has 0 radical (unpaired) electrons. The molecule has 2 fully saturated rings. The molecule has 11 heteroatoms. The Morgan fingerprint density at radius 3 is 2.53 bits per heavy atom. The van der Waals surface area contributed by atoms with Gasteiger partial charge in [-0.05, 0) is 63.6 Å². The summed E-state index contributed by atoms with van der Waals surface area (Å²) >= 11 is 0. The number of nitriles is 1. The maximum absolute atomic E-state index is 13.5. The average molecular weight is 645 g/mol. The molecule has 1 aliphatic carbocycles. The molecule has 0 spiro atoms. The number of aromatic hydroxyl groups is 1. The van der Waals surface area contributed by atoms with Crippen molar-refractivity contribution in [2.75, 3.05) is 27.5 Å². The molecule has 2 aromatic carbocycles. The molecule has 5 atom stereocenters. The van der Waals surface area contributed by atoms with Crippen LogP contribution in [0, 0.1) is 31.1 Å². The zero-order chi connectivity index (χ0) is 33.1. The van der Waals surface area contributed by atoms with Gasteiger partial charge in [0.2, 0.25) is 12.7 Å². The van der Waals surface area contributed by atoms with Crippen LogP contribution in [-0.2, 0) is 22.4 Å². The zero-order valence-electron chi connectivity index (χ0n) is 27.9. The van der Waals surface area contributed by atoms with E-state index in [0.29, 0.717) is 53.7 Å². The number of nitrogens with one attached hydrogen (secondary N) is 1. The van der Waals surface area contributed by atoms with Crippen LogP contribution in [0.1, 0.15) is 90.9 Å². The van der Waals surface area contributed by atoms with Gasteiger partial charge in [0.25, 0.3) is 0 Å². The smallest absolute Gasteiger partial charge is 0.308 e. The lowest BCUT2D eigenvalue weighted by Gasteiger charge is -2.60. The molecule has 7 rings (SSSR count). The van der Waals surface area contributed by atoms with Gasteiger partial charge < -0.3 is 29.4 Å². The van der Waals surface area contributed by atoms with Crippen LogP contribution in [0.4, 0.5) is 0 Å². The fraction of sp³-hybridized carbons (Fsp3) is 0.583. The Kier molecular flexibility index (Phi) is 8.21. The second-order valence-corrected chi connectivity index (χ2v) is 13.9. The quantitative estimate of drug-likeness (QED) is 0.341. The highest BCUT2D eigenvalue weighted by atomic mass is 16.7. The Labute approximate surface area is 275 Å². The highest BCUT2D eigenvalue weighted by molar-refractivity contribution is 5.77. The largest absolute Gasteiger partial charge is 0.504 e. The van der Waals surface area contributed by atoms with E-state index in [4.69, 9.17) is 18.9 Å². The number of likely N-dealkylation sites (N-methyl/N-ethyl adjacent to an activating group) is 1. The number of ether oxygens (including phenoxy) is 4. The second kappa shape index (κ2) is 12.2. The summed E-state index contributed by atoms with van der Waals surface area (Å²) in [6, 6.07) is 2.88. The maximum Gasteiger partial charge on any atom is 0.308 e. The van der Waals surface area contributed by atoms with Crippen LogP contribution in [0.5, 0.6) is 28.7 Å². The van der Waals surface area contributed by atoms with E-state index >= 15 is 0 Å². The van der Waals surface area contributed by atoms with E-state index in [1.165, 1.54) is 13.3 Å². The van der Waals surface area contributed by atoms with Crippen molar-refractivity contribution in [3.05, 3.63) is 39.4 Å². The molecule has 1 amide bonds. The summed E-state index contributed by atoms with van der Waals surface area (Å²) in [5.74, 6) is 1.98. The molecule has 250 valence electrons. The van der Waals surface area contributed by atoms with Gasteiger partial charge in [-0.15, -0.1) is 0 Å². The summed E-state index contributed by atoms with van der Waals surface area (Å²) in [7, 11) is 3.57. The first kappa shape index (κ1) is 31.6. The molecule has 2 aromatic rings. The maximum atomic E-state index is 13.5. The standard InChI is InChI=1S/C36H44N4O7/c1-18-11-22-13-24-26(15-37)40-25(31(39(24)4)29(22)32(43)33(18)44-5)14-23-30(27(40)16-38-28(42)12-21-9-7-6-8-10-21)36-35(45-17-46-36)19(2)34(23)47-20(3)41/h11,21,24-27,31,43H,6-10,12-14,16-17H2,1-5H3,(H,38,42)/t24-,25?,26-,27-,31+/m0/s1. The summed E-state index contributed by atoms with van der Waals surface area (Å²) in [6.07, 6.45) is 7.13. The van der Waals surface area contributed by atoms with Crippen LogP contribution in [-0.4, -0.2) is 72.4 Å². The summed E-state index contributed by atoms with van der Waals surface area (Å²) in [5, 5.41) is 25.8. The number of carbonyl (C=O) groups excluding carboxylic acids is 2. The predicted molar refractivity (Wildman–Crippen MR) is 172 cm³/mol. The van der Waals surface area contributed by atoms with E-state index in [2.05, 4.69) is 27.3 Å². The van der Waals surface area contributed by atoms with Gasteiger partial charge in [0, 0.05) is 54.2 Å². The number of hydrogen-bond acceptors (Lipinski definition) is 10. The molecule has 2 N–H and O–H groups in total. The van der Waals surface area contributed by atoms with Crippen molar-refractivity contribution in [3.8, 4) is 34.8 Å². The molecule has 1 saturated carbocycles. The lowest BCUT2D eigenvalue weighted by molar-refractivity contribution is -0.132. The van der Waals surface area contributed by atoms with E-state index in [1.807, 2.05) is 20.9 Å². The molecule has 47 heavy (non-hydrogen) atoms. The Bertz CT molecular complexity index is 1660. The average Bonchev–Trinajstić information content (AvgIpc) is 3.53. The van der Waals surface area contributed by atoms with E-state index in [9.17, 15) is 20.0 Å². The van der Waals surface area contributed by atoms with Crippen molar-refractivity contribution >= 4 is 11.9 Å². The first-order valence-corrected chi connectivity index (χ1v) is 16.8. The summed E-state index contributed by atoms with van der Waals surface area (Å²) in [6.45, 7) is 5.41. The van der Waals surface area contributed by atoms with Crippen LogP contribution in [0.25, 0.3) is 0 Å².